The number of hydrogen-bond donors (Lipinski definition) is 1. The molecule has 31 heavy (non-hydrogen) atoms. The minimum atomic E-state index is -3.40. The Bertz CT molecular complexity index is 971. The number of benzene rings is 2. The highest BCUT2D eigenvalue weighted by atomic mass is 32.2. The number of nitrogens with zero attached hydrogens (tertiary/aromatic N) is 2. The Morgan fingerprint density at radius 1 is 0.935 bits per heavy atom. The Hall–Kier alpha value is -2.38. The minimum Gasteiger partial charge on any atom is -0.380 e. The Kier molecular flexibility index (Phi) is 6.92. The molecule has 1 atom stereocenters. The van der Waals surface area contributed by atoms with Gasteiger partial charge >= 0.3 is 0 Å². The highest BCUT2D eigenvalue weighted by molar-refractivity contribution is 7.89. The molecule has 2 heterocycles. The summed E-state index contributed by atoms with van der Waals surface area (Å²) >= 11 is 0. The van der Waals surface area contributed by atoms with Gasteiger partial charge in [-0.2, -0.15) is 4.31 Å². The molecule has 2 saturated heterocycles. The van der Waals surface area contributed by atoms with Crippen molar-refractivity contribution >= 4 is 21.6 Å². The lowest BCUT2D eigenvalue weighted by atomic mass is 10.1. The number of sulfonamides is 1. The maximum Gasteiger partial charge on any atom is 0.243 e. The predicted molar refractivity (Wildman–Crippen MR) is 122 cm³/mol. The molecule has 2 aromatic carbocycles. The quantitative estimate of drug-likeness (QED) is 0.714. The molecule has 6 nitrogen and oxygen atoms in total. The number of likely N-dealkylation sites (tertiary alicyclic amines) is 1. The molecule has 0 aliphatic carbocycles. The van der Waals surface area contributed by atoms with Gasteiger partial charge < -0.3 is 10.2 Å². The van der Waals surface area contributed by atoms with E-state index in [2.05, 4.69) is 5.32 Å². The third-order valence-corrected chi connectivity index (χ3v) is 8.10. The molecule has 7 heteroatoms. The zero-order valence-corrected chi connectivity index (χ0v) is 18.7. The third kappa shape index (κ3) is 5.46. The number of aryl methyl sites for hydroxylation is 1. The molecule has 2 aromatic rings. The Morgan fingerprint density at radius 3 is 2.35 bits per heavy atom. The van der Waals surface area contributed by atoms with Crippen LogP contribution in [0.25, 0.3) is 0 Å². The van der Waals surface area contributed by atoms with E-state index in [1.807, 2.05) is 47.4 Å². The second kappa shape index (κ2) is 9.83. The molecule has 1 unspecified atom stereocenters. The van der Waals surface area contributed by atoms with E-state index >= 15 is 0 Å². The molecule has 0 aromatic heterocycles. The van der Waals surface area contributed by atoms with Gasteiger partial charge in [-0.05, 0) is 55.5 Å². The summed E-state index contributed by atoms with van der Waals surface area (Å²) in [6, 6.07) is 17.4. The van der Waals surface area contributed by atoms with Gasteiger partial charge in [0.15, 0.2) is 0 Å². The van der Waals surface area contributed by atoms with E-state index in [0.717, 1.165) is 50.0 Å². The molecule has 0 bridgehead atoms. The molecule has 4 rings (SSSR count). The van der Waals surface area contributed by atoms with Crippen LogP contribution in [0.3, 0.4) is 0 Å². The van der Waals surface area contributed by atoms with Crippen LogP contribution in [0.1, 0.15) is 37.7 Å². The molecule has 2 aliphatic rings. The van der Waals surface area contributed by atoms with E-state index in [1.54, 1.807) is 16.4 Å². The predicted octanol–water partition coefficient (Wildman–Crippen LogP) is 3.51. The summed E-state index contributed by atoms with van der Waals surface area (Å²) < 4.78 is 27.1. The molecular weight excluding hydrogens is 410 g/mol. The SMILES string of the molecule is O=C(CCc1ccc(S(=O)(=O)N2CCCCC2)cc1)N1CCC(Nc2ccccc2)C1. The topological polar surface area (TPSA) is 69.7 Å². The number of para-hydroxylation sites is 1. The first-order valence-electron chi connectivity index (χ1n) is 11.2. The van der Waals surface area contributed by atoms with Crippen LogP contribution in [0.5, 0.6) is 0 Å². The first-order chi connectivity index (χ1) is 15.0. The molecule has 2 fully saturated rings. The van der Waals surface area contributed by atoms with E-state index in [-0.39, 0.29) is 11.9 Å². The summed E-state index contributed by atoms with van der Waals surface area (Å²) in [5, 5.41) is 3.49. The van der Waals surface area contributed by atoms with Crippen LogP contribution in [-0.2, 0) is 21.2 Å². The molecule has 2 aliphatic heterocycles. The third-order valence-electron chi connectivity index (χ3n) is 6.19. The van der Waals surface area contributed by atoms with Crippen molar-refractivity contribution in [3.8, 4) is 0 Å². The average molecular weight is 442 g/mol. The second-order valence-corrected chi connectivity index (χ2v) is 10.4. The van der Waals surface area contributed by atoms with Crippen LogP contribution in [-0.4, -0.2) is 55.8 Å². The van der Waals surface area contributed by atoms with Crippen LogP contribution in [0.15, 0.2) is 59.5 Å². The largest absolute Gasteiger partial charge is 0.380 e. The number of carbonyl (C=O) groups is 1. The van der Waals surface area contributed by atoms with E-state index < -0.39 is 10.0 Å². The number of piperidine rings is 1. The molecule has 0 saturated carbocycles. The lowest BCUT2D eigenvalue weighted by Crippen LogP contribution is -2.35. The van der Waals surface area contributed by atoms with Gasteiger partial charge in [-0.15, -0.1) is 0 Å². The van der Waals surface area contributed by atoms with Gasteiger partial charge in [0.05, 0.1) is 4.90 Å². The van der Waals surface area contributed by atoms with Gasteiger partial charge in [-0.1, -0.05) is 36.8 Å². The van der Waals surface area contributed by atoms with Crippen molar-refractivity contribution in [2.24, 2.45) is 0 Å². The molecule has 166 valence electrons. The number of rotatable bonds is 7. The van der Waals surface area contributed by atoms with Crippen molar-refractivity contribution in [2.45, 2.75) is 49.5 Å². The molecule has 1 N–H and O–H groups in total. The lowest BCUT2D eigenvalue weighted by Gasteiger charge is -2.25. The fraction of sp³-hybridized carbons (Fsp3) is 0.458. The summed E-state index contributed by atoms with van der Waals surface area (Å²) in [5.41, 5.74) is 2.07. The van der Waals surface area contributed by atoms with Gasteiger partial charge in [0.25, 0.3) is 0 Å². The van der Waals surface area contributed by atoms with E-state index in [4.69, 9.17) is 0 Å². The number of nitrogens with one attached hydrogen (secondary N) is 1. The van der Waals surface area contributed by atoms with Gasteiger partial charge in [-0.3, -0.25) is 4.79 Å². The molecule has 0 spiro atoms. The summed E-state index contributed by atoms with van der Waals surface area (Å²) in [5.74, 6) is 0.155. The number of hydrogen-bond acceptors (Lipinski definition) is 4. The summed E-state index contributed by atoms with van der Waals surface area (Å²) in [7, 11) is -3.40. The molecular formula is C24H31N3O3S. The van der Waals surface area contributed by atoms with E-state index in [9.17, 15) is 13.2 Å². The number of anilines is 1. The minimum absolute atomic E-state index is 0.155. The second-order valence-electron chi connectivity index (χ2n) is 8.44. The fourth-order valence-corrected chi connectivity index (χ4v) is 5.88. The van der Waals surface area contributed by atoms with Crippen molar-refractivity contribution in [3.63, 3.8) is 0 Å². The first kappa shape index (κ1) is 21.8. The standard InChI is InChI=1S/C24H31N3O3S/c28-24(26-18-15-22(19-26)25-21-7-3-1-4-8-21)14-11-20-9-12-23(13-10-20)31(29,30)27-16-5-2-6-17-27/h1,3-4,7-10,12-13,22,25H,2,5-6,11,14-19H2. The van der Waals surface area contributed by atoms with Crippen LogP contribution < -0.4 is 5.32 Å². The summed E-state index contributed by atoms with van der Waals surface area (Å²) in [4.78, 5) is 14.9. The van der Waals surface area contributed by atoms with E-state index in [1.165, 1.54) is 0 Å². The van der Waals surface area contributed by atoms with Gasteiger partial charge in [0.1, 0.15) is 0 Å². The van der Waals surface area contributed by atoms with Crippen LogP contribution >= 0.6 is 0 Å². The van der Waals surface area contributed by atoms with Gasteiger partial charge in [0, 0.05) is 44.3 Å². The van der Waals surface area contributed by atoms with Crippen molar-refractivity contribution in [1.82, 2.24) is 9.21 Å². The zero-order chi connectivity index (χ0) is 21.7. The number of carbonyl (C=O) groups excluding carboxylic acids is 1. The lowest BCUT2D eigenvalue weighted by molar-refractivity contribution is -0.130. The van der Waals surface area contributed by atoms with Crippen LogP contribution in [0.2, 0.25) is 0 Å². The highest BCUT2D eigenvalue weighted by Gasteiger charge is 2.27. The Morgan fingerprint density at radius 2 is 1.65 bits per heavy atom. The Labute approximate surface area is 185 Å². The van der Waals surface area contributed by atoms with Crippen molar-refractivity contribution in [2.75, 3.05) is 31.5 Å². The maximum absolute atomic E-state index is 12.8. The van der Waals surface area contributed by atoms with Crippen LogP contribution in [0, 0.1) is 0 Å². The highest BCUT2D eigenvalue weighted by Crippen LogP contribution is 2.22. The van der Waals surface area contributed by atoms with Crippen molar-refractivity contribution < 1.29 is 13.2 Å². The van der Waals surface area contributed by atoms with Gasteiger partial charge in [-0.25, -0.2) is 8.42 Å². The smallest absolute Gasteiger partial charge is 0.243 e. The normalized spacial score (nSPS) is 20.0. The average Bonchev–Trinajstić information content (AvgIpc) is 3.27. The van der Waals surface area contributed by atoms with Crippen molar-refractivity contribution in [3.05, 3.63) is 60.2 Å². The van der Waals surface area contributed by atoms with Gasteiger partial charge in [0.2, 0.25) is 15.9 Å². The van der Waals surface area contributed by atoms with Crippen molar-refractivity contribution in [1.29, 1.82) is 0 Å². The monoisotopic (exact) mass is 441 g/mol. The fourth-order valence-electron chi connectivity index (χ4n) is 4.37. The maximum atomic E-state index is 12.8. The Balaban J connectivity index is 1.27. The molecule has 0 radical (unpaired) electrons. The number of amides is 1. The van der Waals surface area contributed by atoms with E-state index in [0.29, 0.717) is 30.8 Å². The summed E-state index contributed by atoms with van der Waals surface area (Å²) in [6.07, 6.45) is 4.96. The first-order valence-corrected chi connectivity index (χ1v) is 12.6. The zero-order valence-electron chi connectivity index (χ0n) is 17.9. The summed E-state index contributed by atoms with van der Waals surface area (Å²) in [6.45, 7) is 2.71. The van der Waals surface area contributed by atoms with Crippen LogP contribution in [0.4, 0.5) is 5.69 Å². The molecule has 1 amide bonds.